The Balaban J connectivity index is 2.01. The zero-order valence-electron chi connectivity index (χ0n) is 10.1. The van der Waals surface area contributed by atoms with Gasteiger partial charge in [0.1, 0.15) is 0 Å². The molecule has 1 aliphatic rings. The second-order valence-corrected chi connectivity index (χ2v) is 4.25. The Morgan fingerprint density at radius 1 is 1.56 bits per heavy atom. The lowest BCUT2D eigenvalue weighted by Crippen LogP contribution is -2.43. The van der Waals surface area contributed by atoms with Crippen molar-refractivity contribution in [1.29, 1.82) is 0 Å². The normalized spacial score (nSPS) is 24.6. The molecule has 0 aromatic carbocycles. The molecule has 1 aromatic rings. The maximum absolute atomic E-state index is 5.64. The lowest BCUT2D eigenvalue weighted by atomic mass is 10.2. The fourth-order valence-electron chi connectivity index (χ4n) is 1.98. The van der Waals surface area contributed by atoms with E-state index in [1.807, 2.05) is 6.92 Å². The van der Waals surface area contributed by atoms with Gasteiger partial charge < -0.3 is 9.26 Å². The quantitative estimate of drug-likeness (QED) is 0.781. The smallest absolute Gasteiger partial charge is 0.243 e. The van der Waals surface area contributed by atoms with E-state index in [1.54, 1.807) is 0 Å². The van der Waals surface area contributed by atoms with E-state index in [-0.39, 0.29) is 6.04 Å². The van der Waals surface area contributed by atoms with E-state index in [0.29, 0.717) is 17.8 Å². The minimum Gasteiger partial charge on any atom is -0.376 e. The van der Waals surface area contributed by atoms with Crippen molar-refractivity contribution in [1.82, 2.24) is 15.0 Å². The molecular formula is C11H19N3O2. The van der Waals surface area contributed by atoms with E-state index in [0.717, 1.165) is 26.1 Å². The average molecular weight is 225 g/mol. The molecule has 5 heteroatoms. The molecule has 0 radical (unpaired) electrons. The first-order valence-electron chi connectivity index (χ1n) is 5.86. The molecule has 1 saturated heterocycles. The molecule has 1 aromatic heterocycles. The van der Waals surface area contributed by atoms with Crippen LogP contribution in [-0.4, -0.2) is 40.8 Å². The van der Waals surface area contributed by atoms with Gasteiger partial charge in [0.15, 0.2) is 5.82 Å². The lowest BCUT2D eigenvalue weighted by Gasteiger charge is -2.34. The highest BCUT2D eigenvalue weighted by Crippen LogP contribution is 2.21. The van der Waals surface area contributed by atoms with Crippen molar-refractivity contribution in [3.8, 4) is 0 Å². The molecule has 90 valence electrons. The third kappa shape index (κ3) is 2.41. The fourth-order valence-corrected chi connectivity index (χ4v) is 1.98. The summed E-state index contributed by atoms with van der Waals surface area (Å²) in [5, 5.41) is 3.83. The van der Waals surface area contributed by atoms with Crippen LogP contribution in [-0.2, 0) is 4.74 Å². The summed E-state index contributed by atoms with van der Waals surface area (Å²) in [5.41, 5.74) is 0. The van der Waals surface area contributed by atoms with Gasteiger partial charge in [-0.15, -0.1) is 0 Å². The fraction of sp³-hybridized carbons (Fsp3) is 0.818. The predicted molar refractivity (Wildman–Crippen MR) is 59.1 cm³/mol. The number of aromatic nitrogens is 2. The summed E-state index contributed by atoms with van der Waals surface area (Å²) in [6.07, 6.45) is 1.38. The van der Waals surface area contributed by atoms with Crippen molar-refractivity contribution >= 4 is 0 Å². The van der Waals surface area contributed by atoms with Crippen LogP contribution in [0.2, 0.25) is 0 Å². The van der Waals surface area contributed by atoms with Gasteiger partial charge in [-0.05, 0) is 20.3 Å². The van der Waals surface area contributed by atoms with Gasteiger partial charge >= 0.3 is 0 Å². The van der Waals surface area contributed by atoms with Crippen molar-refractivity contribution in [2.24, 2.45) is 0 Å². The van der Waals surface area contributed by atoms with Crippen LogP contribution in [0.25, 0.3) is 0 Å². The average Bonchev–Trinajstić information content (AvgIpc) is 2.75. The van der Waals surface area contributed by atoms with Gasteiger partial charge in [-0.2, -0.15) is 4.98 Å². The predicted octanol–water partition coefficient (Wildman–Crippen LogP) is 1.55. The minimum atomic E-state index is 0.180. The number of ether oxygens (including phenoxy) is 1. The molecule has 1 aliphatic heterocycles. The Bertz CT molecular complexity index is 340. The molecule has 0 saturated carbocycles. The van der Waals surface area contributed by atoms with E-state index in [9.17, 15) is 0 Å². The molecule has 0 amide bonds. The zero-order chi connectivity index (χ0) is 11.5. The number of morpholine rings is 1. The molecule has 16 heavy (non-hydrogen) atoms. The van der Waals surface area contributed by atoms with Crippen molar-refractivity contribution < 1.29 is 9.26 Å². The third-order valence-electron chi connectivity index (χ3n) is 3.07. The van der Waals surface area contributed by atoms with Gasteiger partial charge in [0, 0.05) is 13.1 Å². The molecule has 5 nitrogen and oxygen atoms in total. The van der Waals surface area contributed by atoms with Crippen LogP contribution in [0, 0.1) is 6.92 Å². The van der Waals surface area contributed by atoms with E-state index >= 15 is 0 Å². The first-order chi connectivity index (χ1) is 7.70. The molecule has 1 fully saturated rings. The standard InChI is InChI=1S/C11H19N3O2/c1-4-10-7-14(5-6-15-10)8(2)11-12-9(3)13-16-11/h8,10H,4-7H2,1-3H3/t8-,10+/m1/s1. The Labute approximate surface area is 95.8 Å². The first kappa shape index (κ1) is 11.5. The van der Waals surface area contributed by atoms with Gasteiger partial charge in [0.05, 0.1) is 18.8 Å². The summed E-state index contributed by atoms with van der Waals surface area (Å²) in [6.45, 7) is 8.75. The van der Waals surface area contributed by atoms with Crippen LogP contribution in [0.1, 0.15) is 38.0 Å². The third-order valence-corrected chi connectivity index (χ3v) is 3.07. The van der Waals surface area contributed by atoms with Crippen molar-refractivity contribution in [3.05, 3.63) is 11.7 Å². The van der Waals surface area contributed by atoms with Crippen LogP contribution < -0.4 is 0 Å². The molecule has 2 heterocycles. The van der Waals surface area contributed by atoms with Crippen LogP contribution >= 0.6 is 0 Å². The van der Waals surface area contributed by atoms with Gasteiger partial charge in [-0.25, -0.2) is 0 Å². The molecule has 2 rings (SSSR count). The van der Waals surface area contributed by atoms with Crippen LogP contribution in [0.4, 0.5) is 0 Å². The largest absolute Gasteiger partial charge is 0.376 e. The SMILES string of the molecule is CC[C@H]1CN([C@H](C)c2nc(C)no2)CCO1. The summed E-state index contributed by atoms with van der Waals surface area (Å²) in [7, 11) is 0. The lowest BCUT2D eigenvalue weighted by molar-refractivity contribution is -0.0462. The van der Waals surface area contributed by atoms with Gasteiger partial charge in [-0.1, -0.05) is 12.1 Å². The summed E-state index contributed by atoms with van der Waals surface area (Å²) < 4.78 is 10.8. The van der Waals surface area contributed by atoms with Crippen LogP contribution in [0.5, 0.6) is 0 Å². The highest BCUT2D eigenvalue weighted by atomic mass is 16.5. The van der Waals surface area contributed by atoms with Gasteiger partial charge in [0.2, 0.25) is 5.89 Å². The summed E-state index contributed by atoms with van der Waals surface area (Å²) >= 11 is 0. The molecule has 0 spiro atoms. The molecule has 0 N–H and O–H groups in total. The number of aryl methyl sites for hydroxylation is 1. The second-order valence-electron chi connectivity index (χ2n) is 4.25. The Morgan fingerprint density at radius 2 is 2.38 bits per heavy atom. The second kappa shape index (κ2) is 4.93. The molecule has 0 bridgehead atoms. The maximum atomic E-state index is 5.64. The summed E-state index contributed by atoms with van der Waals surface area (Å²) in [6, 6.07) is 0.180. The molecule has 2 atom stereocenters. The highest BCUT2D eigenvalue weighted by Gasteiger charge is 2.26. The molecular weight excluding hydrogens is 206 g/mol. The van der Waals surface area contributed by atoms with Crippen LogP contribution in [0.15, 0.2) is 4.52 Å². The number of hydrogen-bond acceptors (Lipinski definition) is 5. The maximum Gasteiger partial charge on any atom is 0.243 e. The highest BCUT2D eigenvalue weighted by molar-refractivity contribution is 4.91. The van der Waals surface area contributed by atoms with Crippen LogP contribution in [0.3, 0.4) is 0 Å². The Morgan fingerprint density at radius 3 is 3.00 bits per heavy atom. The molecule has 0 unspecified atom stereocenters. The van der Waals surface area contributed by atoms with E-state index in [2.05, 4.69) is 28.9 Å². The van der Waals surface area contributed by atoms with Crippen molar-refractivity contribution in [2.75, 3.05) is 19.7 Å². The summed E-state index contributed by atoms with van der Waals surface area (Å²) in [5.74, 6) is 1.40. The van der Waals surface area contributed by atoms with E-state index < -0.39 is 0 Å². The van der Waals surface area contributed by atoms with Gasteiger partial charge in [-0.3, -0.25) is 4.90 Å². The Kier molecular flexibility index (Phi) is 3.56. The van der Waals surface area contributed by atoms with E-state index in [4.69, 9.17) is 9.26 Å². The first-order valence-corrected chi connectivity index (χ1v) is 5.86. The monoisotopic (exact) mass is 225 g/mol. The summed E-state index contributed by atoms with van der Waals surface area (Å²) in [4.78, 5) is 6.61. The van der Waals surface area contributed by atoms with E-state index in [1.165, 1.54) is 0 Å². The Hall–Kier alpha value is -0.940. The number of nitrogens with zero attached hydrogens (tertiary/aromatic N) is 3. The molecule has 0 aliphatic carbocycles. The number of rotatable bonds is 3. The number of hydrogen-bond donors (Lipinski definition) is 0. The minimum absolute atomic E-state index is 0.180. The van der Waals surface area contributed by atoms with Crippen molar-refractivity contribution in [3.63, 3.8) is 0 Å². The zero-order valence-corrected chi connectivity index (χ0v) is 10.1. The topological polar surface area (TPSA) is 51.4 Å². The van der Waals surface area contributed by atoms with Gasteiger partial charge in [0.25, 0.3) is 0 Å². The van der Waals surface area contributed by atoms with Crippen molar-refractivity contribution in [2.45, 2.75) is 39.3 Å².